The Labute approximate surface area is 119 Å². The lowest BCUT2D eigenvalue weighted by Gasteiger charge is -2.37. The van der Waals surface area contributed by atoms with Gasteiger partial charge in [0.2, 0.25) is 0 Å². The summed E-state index contributed by atoms with van der Waals surface area (Å²) in [7, 11) is 0. The number of rotatable bonds is 1. The third-order valence-corrected chi connectivity index (χ3v) is 3.31. The van der Waals surface area contributed by atoms with Crippen molar-refractivity contribution in [3.05, 3.63) is 28.8 Å². The summed E-state index contributed by atoms with van der Waals surface area (Å²) in [6, 6.07) is 8.65. The van der Waals surface area contributed by atoms with Gasteiger partial charge < -0.3 is 10.2 Å². The number of piperazine rings is 1. The summed E-state index contributed by atoms with van der Waals surface area (Å²) in [6.07, 6.45) is 0. The van der Waals surface area contributed by atoms with Crippen LogP contribution in [0.5, 0.6) is 0 Å². The molecule has 1 aliphatic heterocycles. The van der Waals surface area contributed by atoms with E-state index in [1.54, 1.807) is 6.07 Å². The zero-order valence-corrected chi connectivity index (χ0v) is 12.1. The van der Waals surface area contributed by atoms with Gasteiger partial charge in [0.15, 0.2) is 0 Å². The molecule has 0 bridgehead atoms. The molecule has 1 fully saturated rings. The molecule has 98 valence electrons. The summed E-state index contributed by atoms with van der Waals surface area (Å²) in [5, 5.41) is 12.9. The monoisotopic (exact) mass is 285 g/mol. The second-order valence-corrected chi connectivity index (χ2v) is 5.06. The quantitative estimate of drug-likeness (QED) is 0.863. The molecule has 0 amide bonds. The first kappa shape index (κ1) is 15.1. The van der Waals surface area contributed by atoms with E-state index in [0.29, 0.717) is 22.7 Å². The van der Waals surface area contributed by atoms with Crippen molar-refractivity contribution in [2.45, 2.75) is 25.9 Å². The minimum atomic E-state index is 0. The molecule has 0 aliphatic carbocycles. The lowest BCUT2D eigenvalue weighted by atomic mass is 10.1. The molecule has 0 saturated carbocycles. The molecule has 2 atom stereocenters. The summed E-state index contributed by atoms with van der Waals surface area (Å²) in [4.78, 5) is 2.30. The van der Waals surface area contributed by atoms with Crippen molar-refractivity contribution >= 4 is 29.7 Å². The third-order valence-electron chi connectivity index (χ3n) is 3.00. The molecule has 1 saturated heterocycles. The van der Waals surface area contributed by atoms with E-state index in [0.717, 1.165) is 18.8 Å². The van der Waals surface area contributed by atoms with Gasteiger partial charge >= 0.3 is 0 Å². The van der Waals surface area contributed by atoms with Gasteiger partial charge in [0.1, 0.15) is 6.07 Å². The van der Waals surface area contributed by atoms with Crippen LogP contribution < -0.4 is 10.2 Å². The molecule has 0 spiro atoms. The van der Waals surface area contributed by atoms with E-state index in [2.05, 4.69) is 30.1 Å². The summed E-state index contributed by atoms with van der Waals surface area (Å²) < 4.78 is 0. The zero-order valence-electron chi connectivity index (χ0n) is 10.5. The van der Waals surface area contributed by atoms with Gasteiger partial charge in [0.25, 0.3) is 0 Å². The van der Waals surface area contributed by atoms with E-state index in [4.69, 9.17) is 16.9 Å². The van der Waals surface area contributed by atoms with E-state index < -0.39 is 0 Å². The normalized spacial score (nSPS) is 23.1. The molecule has 2 rings (SSSR count). The van der Waals surface area contributed by atoms with Crippen LogP contribution in [0, 0.1) is 11.3 Å². The number of benzene rings is 1. The Balaban J connectivity index is 0.00000162. The van der Waals surface area contributed by atoms with E-state index >= 15 is 0 Å². The van der Waals surface area contributed by atoms with Gasteiger partial charge in [-0.15, -0.1) is 12.4 Å². The van der Waals surface area contributed by atoms with Gasteiger partial charge in [0, 0.05) is 30.9 Å². The van der Waals surface area contributed by atoms with Crippen LogP contribution in [0.1, 0.15) is 19.4 Å². The van der Waals surface area contributed by atoms with Crippen LogP contribution in [0.3, 0.4) is 0 Å². The number of nitrogens with one attached hydrogen (secondary N) is 1. The minimum absolute atomic E-state index is 0. The topological polar surface area (TPSA) is 39.1 Å². The Bertz CT molecular complexity index is 446. The number of halogens is 2. The summed E-state index contributed by atoms with van der Waals surface area (Å²) in [5.74, 6) is 0. The first-order chi connectivity index (χ1) is 8.10. The standard InChI is InChI=1S/C13H16ClN3.ClH/c1-9-7-17(8-10(2)16-9)12-4-3-11(6-15)13(14)5-12;/h3-5,9-10,16H,7-8H2,1-2H3;1H. The van der Waals surface area contributed by atoms with Crippen LogP contribution >= 0.6 is 24.0 Å². The maximum atomic E-state index is 8.85. The molecule has 2 unspecified atom stereocenters. The summed E-state index contributed by atoms with van der Waals surface area (Å²) in [6.45, 7) is 6.28. The van der Waals surface area contributed by atoms with Crippen molar-refractivity contribution in [2.75, 3.05) is 18.0 Å². The molecule has 5 heteroatoms. The predicted molar refractivity (Wildman–Crippen MR) is 77.7 cm³/mol. The maximum absolute atomic E-state index is 8.85. The highest BCUT2D eigenvalue weighted by Crippen LogP contribution is 2.24. The molecule has 1 aliphatic rings. The van der Waals surface area contributed by atoms with Gasteiger partial charge in [-0.05, 0) is 32.0 Å². The molecule has 1 aromatic rings. The number of nitriles is 1. The molecule has 1 aromatic carbocycles. The van der Waals surface area contributed by atoms with Crippen molar-refractivity contribution in [1.82, 2.24) is 5.32 Å². The Morgan fingerprint density at radius 2 is 1.94 bits per heavy atom. The largest absolute Gasteiger partial charge is 0.368 e. The fraction of sp³-hybridized carbons (Fsp3) is 0.462. The van der Waals surface area contributed by atoms with Gasteiger partial charge in [-0.25, -0.2) is 0 Å². The molecule has 18 heavy (non-hydrogen) atoms. The third kappa shape index (κ3) is 3.29. The second-order valence-electron chi connectivity index (χ2n) is 4.65. The van der Waals surface area contributed by atoms with Crippen molar-refractivity contribution < 1.29 is 0 Å². The van der Waals surface area contributed by atoms with Crippen molar-refractivity contribution in [1.29, 1.82) is 5.26 Å². The molecule has 1 N–H and O–H groups in total. The van der Waals surface area contributed by atoms with Crippen molar-refractivity contribution in [3.8, 4) is 6.07 Å². The number of nitrogens with zero attached hydrogens (tertiary/aromatic N) is 2. The Hall–Kier alpha value is -0.950. The fourth-order valence-corrected chi connectivity index (χ4v) is 2.55. The number of hydrogen-bond acceptors (Lipinski definition) is 3. The van der Waals surface area contributed by atoms with E-state index in [1.165, 1.54) is 0 Å². The fourth-order valence-electron chi connectivity index (χ4n) is 2.33. The van der Waals surface area contributed by atoms with Crippen molar-refractivity contribution in [2.24, 2.45) is 0 Å². The maximum Gasteiger partial charge on any atom is 0.101 e. The van der Waals surface area contributed by atoms with Crippen LogP contribution in [0.25, 0.3) is 0 Å². The first-order valence-electron chi connectivity index (χ1n) is 5.81. The average Bonchev–Trinajstić information content (AvgIpc) is 2.27. The van der Waals surface area contributed by atoms with Crippen LogP contribution in [0.2, 0.25) is 5.02 Å². The zero-order chi connectivity index (χ0) is 12.4. The van der Waals surface area contributed by atoms with E-state index in [9.17, 15) is 0 Å². The SMILES string of the molecule is CC1CN(c2ccc(C#N)c(Cl)c2)CC(C)N1.Cl. The van der Waals surface area contributed by atoms with Crippen LogP contribution in [0.4, 0.5) is 5.69 Å². The molecule has 0 aromatic heterocycles. The van der Waals surface area contributed by atoms with Crippen LogP contribution in [0.15, 0.2) is 18.2 Å². The average molecular weight is 286 g/mol. The predicted octanol–water partition coefficient (Wildman–Crippen LogP) is 2.82. The summed E-state index contributed by atoms with van der Waals surface area (Å²) in [5.41, 5.74) is 1.63. The number of hydrogen-bond donors (Lipinski definition) is 1. The molecular formula is C13H17Cl2N3. The highest BCUT2D eigenvalue weighted by atomic mass is 35.5. The van der Waals surface area contributed by atoms with Gasteiger partial charge in [-0.1, -0.05) is 11.6 Å². The molecule has 1 heterocycles. The first-order valence-corrected chi connectivity index (χ1v) is 6.18. The Morgan fingerprint density at radius 3 is 2.44 bits per heavy atom. The highest BCUT2D eigenvalue weighted by Gasteiger charge is 2.21. The smallest absolute Gasteiger partial charge is 0.101 e. The van der Waals surface area contributed by atoms with E-state index in [1.807, 2.05) is 12.1 Å². The number of anilines is 1. The minimum Gasteiger partial charge on any atom is -0.368 e. The van der Waals surface area contributed by atoms with Crippen molar-refractivity contribution in [3.63, 3.8) is 0 Å². The van der Waals surface area contributed by atoms with Gasteiger partial charge in [0.05, 0.1) is 10.6 Å². The molecule has 3 nitrogen and oxygen atoms in total. The second kappa shape index (κ2) is 6.29. The Kier molecular flexibility index (Phi) is 5.28. The van der Waals surface area contributed by atoms with Crippen LogP contribution in [-0.2, 0) is 0 Å². The summed E-state index contributed by atoms with van der Waals surface area (Å²) >= 11 is 6.06. The lowest BCUT2D eigenvalue weighted by Crippen LogP contribution is -2.54. The van der Waals surface area contributed by atoms with Gasteiger partial charge in [-0.3, -0.25) is 0 Å². The Morgan fingerprint density at radius 1 is 1.33 bits per heavy atom. The molecular weight excluding hydrogens is 269 g/mol. The lowest BCUT2D eigenvalue weighted by molar-refractivity contribution is 0.407. The van der Waals surface area contributed by atoms with E-state index in [-0.39, 0.29) is 12.4 Å². The highest BCUT2D eigenvalue weighted by molar-refractivity contribution is 6.32. The molecule has 0 radical (unpaired) electrons. The van der Waals surface area contributed by atoms with Crippen LogP contribution in [-0.4, -0.2) is 25.2 Å². The van der Waals surface area contributed by atoms with Gasteiger partial charge in [-0.2, -0.15) is 5.26 Å².